The maximum atomic E-state index is 14.7. The van der Waals surface area contributed by atoms with Crippen molar-refractivity contribution >= 4 is 43.6 Å². The van der Waals surface area contributed by atoms with Crippen molar-refractivity contribution in [3.63, 3.8) is 0 Å². The van der Waals surface area contributed by atoms with Gasteiger partial charge in [-0.25, -0.2) is 15.0 Å². The molecule has 0 amide bonds. The monoisotopic (exact) mass is 1090 g/mol. The number of rotatable bonds is 8. The minimum absolute atomic E-state index is 0.0375. The summed E-state index contributed by atoms with van der Waals surface area (Å²) in [5, 5.41) is 2.62. The van der Waals surface area contributed by atoms with Gasteiger partial charge in [-0.05, 0) is 114 Å². The first-order valence-electron chi connectivity index (χ1n) is 25.5. The Hall–Kier alpha value is -9.89. The number of para-hydroxylation sites is 2. The molecule has 0 saturated carbocycles. The number of aromatic nitrogens is 6. The number of pyridine rings is 1. The lowest BCUT2D eigenvalue weighted by Gasteiger charge is -2.19. The van der Waals surface area contributed by atoms with Crippen LogP contribution in [0.15, 0.2) is 219 Å². The van der Waals surface area contributed by atoms with Gasteiger partial charge in [0.15, 0.2) is 17.5 Å². The van der Waals surface area contributed by atoms with Crippen molar-refractivity contribution in [1.82, 2.24) is 29.1 Å². The molecule has 15 heteroatoms. The fourth-order valence-corrected chi connectivity index (χ4v) is 10.9. The number of fused-ring (bicyclic) bond motifs is 6. The number of hydrogen-bond acceptors (Lipinski definition) is 4. The molecule has 0 aliphatic heterocycles. The van der Waals surface area contributed by atoms with E-state index in [0.717, 1.165) is 34.2 Å². The summed E-state index contributed by atoms with van der Waals surface area (Å²) in [6, 6.07) is 59.3. The Bertz CT molecular complexity index is 4560. The van der Waals surface area contributed by atoms with E-state index in [9.17, 15) is 39.5 Å². The van der Waals surface area contributed by atoms with Crippen LogP contribution < -0.4 is 0 Å². The second kappa shape index (κ2) is 19.2. The number of halogens is 9. The average molecular weight is 1090 g/mol. The Morgan fingerprint density at radius 1 is 0.333 bits per heavy atom. The highest BCUT2D eigenvalue weighted by molar-refractivity contribution is 6.13. The smallest absolute Gasteiger partial charge is 0.309 e. The summed E-state index contributed by atoms with van der Waals surface area (Å²) in [6.45, 7) is 1.62. The van der Waals surface area contributed by atoms with E-state index in [1.165, 1.54) is 12.1 Å². The van der Waals surface area contributed by atoms with Gasteiger partial charge in [-0.1, -0.05) is 133 Å². The molecule has 9 aromatic carbocycles. The van der Waals surface area contributed by atoms with E-state index in [0.29, 0.717) is 95.6 Å². The van der Waals surface area contributed by atoms with Gasteiger partial charge in [-0.3, -0.25) is 4.98 Å². The summed E-state index contributed by atoms with van der Waals surface area (Å²) in [4.78, 5) is 20.2. The van der Waals surface area contributed by atoms with Gasteiger partial charge >= 0.3 is 18.5 Å². The lowest BCUT2D eigenvalue weighted by molar-refractivity contribution is -0.143. The normalized spacial score (nSPS) is 12.3. The molecule has 0 radical (unpaired) electrons. The molecule has 13 rings (SSSR count). The zero-order chi connectivity index (χ0) is 56.0. The van der Waals surface area contributed by atoms with Gasteiger partial charge in [-0.15, -0.1) is 0 Å². The lowest BCUT2D eigenvalue weighted by atomic mass is 9.95. The number of nitrogens with zero attached hydrogens (tertiary/aromatic N) is 6. The Morgan fingerprint density at radius 3 is 1.35 bits per heavy atom. The fourth-order valence-electron chi connectivity index (χ4n) is 10.9. The van der Waals surface area contributed by atoms with Crippen molar-refractivity contribution < 1.29 is 39.5 Å². The topological polar surface area (TPSA) is 61.4 Å². The van der Waals surface area contributed by atoms with Crippen molar-refractivity contribution in [2.75, 3.05) is 0 Å². The Morgan fingerprint density at radius 2 is 0.802 bits per heavy atom. The van der Waals surface area contributed by atoms with Gasteiger partial charge in [0.2, 0.25) is 0 Å². The highest BCUT2D eigenvalue weighted by atomic mass is 19.4. The van der Waals surface area contributed by atoms with E-state index in [1.54, 1.807) is 55.6 Å². The minimum Gasteiger partial charge on any atom is -0.309 e. The number of alkyl halides is 9. The molecule has 13 aromatic rings. The summed E-state index contributed by atoms with van der Waals surface area (Å²) in [5.41, 5.74) is 3.83. The van der Waals surface area contributed by atoms with Crippen LogP contribution in [-0.4, -0.2) is 29.1 Å². The van der Waals surface area contributed by atoms with Crippen molar-refractivity contribution in [1.29, 1.82) is 0 Å². The number of hydrogen-bond donors (Lipinski definition) is 0. The molecular formula is C66H39F9N6. The molecule has 0 bridgehead atoms. The standard InChI is InChI=1S/C66H39F9N6/c1-38-22-27-45(52(33-38)65(70,71)72)41-23-29-56-49(34-41)47-17-8-10-19-54(47)80(56)58-31-25-43(63-78-61(39-13-4-2-5-14-39)77-62(79-63)40-15-6-3-7-16-40)36-51(58)60-59(21-12-32-76-60)81-55-20-11-9-18-48(55)50-35-42(24-30-57(50)81)46-28-26-44(64(67,68)69)37-53(46)66(73,74)75/h2-37H,1H3. The quantitative estimate of drug-likeness (QED) is 0.142. The van der Waals surface area contributed by atoms with Gasteiger partial charge in [0.05, 0.1) is 55.8 Å². The van der Waals surface area contributed by atoms with Crippen molar-refractivity contribution in [3.8, 4) is 79.0 Å². The molecule has 81 heavy (non-hydrogen) atoms. The molecule has 4 aromatic heterocycles. The predicted molar refractivity (Wildman–Crippen MR) is 299 cm³/mol. The summed E-state index contributed by atoms with van der Waals surface area (Å²) >= 11 is 0. The maximum absolute atomic E-state index is 14.7. The molecule has 0 spiro atoms. The Balaban J connectivity index is 1.07. The van der Waals surface area contributed by atoms with Crippen LogP contribution in [0.2, 0.25) is 0 Å². The molecule has 0 fully saturated rings. The SMILES string of the molecule is Cc1ccc(-c2ccc3c(c2)c2ccccc2n3-c2ccc(-c3nc(-c4ccccc4)nc(-c4ccccc4)n3)cc2-c2ncccc2-n2c3ccccc3c3cc(-c4ccc(C(F)(F)F)cc4C(F)(F)F)ccc32)c(C(F)(F)F)c1. The first-order valence-corrected chi connectivity index (χ1v) is 25.5. The second-order valence-electron chi connectivity index (χ2n) is 19.6. The Kier molecular flexibility index (Phi) is 12.0. The van der Waals surface area contributed by atoms with E-state index in [2.05, 4.69) is 0 Å². The summed E-state index contributed by atoms with van der Waals surface area (Å²) in [7, 11) is 0. The summed E-state index contributed by atoms with van der Waals surface area (Å²) < 4.78 is 133. The zero-order valence-corrected chi connectivity index (χ0v) is 42.4. The Labute approximate surface area is 455 Å². The molecule has 6 nitrogen and oxygen atoms in total. The number of benzene rings is 9. The van der Waals surface area contributed by atoms with Crippen molar-refractivity contribution in [3.05, 3.63) is 241 Å². The average Bonchev–Trinajstić information content (AvgIpc) is 4.10. The van der Waals surface area contributed by atoms with Gasteiger partial charge < -0.3 is 9.13 Å². The summed E-state index contributed by atoms with van der Waals surface area (Å²) in [6.07, 6.45) is -13.1. The molecule has 396 valence electrons. The molecule has 0 N–H and O–H groups in total. The molecule has 0 aliphatic carbocycles. The maximum Gasteiger partial charge on any atom is 0.417 e. The van der Waals surface area contributed by atoms with E-state index >= 15 is 0 Å². The summed E-state index contributed by atoms with van der Waals surface area (Å²) in [5.74, 6) is 1.18. The van der Waals surface area contributed by atoms with Crippen molar-refractivity contribution in [2.45, 2.75) is 25.5 Å². The van der Waals surface area contributed by atoms with Crippen LogP contribution >= 0.6 is 0 Å². The first kappa shape index (κ1) is 50.6. The minimum atomic E-state index is -5.11. The zero-order valence-electron chi connectivity index (χ0n) is 42.4. The van der Waals surface area contributed by atoms with Gasteiger partial charge in [0, 0.05) is 50.0 Å². The number of aryl methyl sites for hydroxylation is 1. The third kappa shape index (κ3) is 9.00. The third-order valence-corrected chi connectivity index (χ3v) is 14.6. The highest BCUT2D eigenvalue weighted by Gasteiger charge is 2.39. The van der Waals surface area contributed by atoms with E-state index in [4.69, 9.17) is 19.9 Å². The first-order chi connectivity index (χ1) is 39.0. The van der Waals surface area contributed by atoms with Crippen LogP contribution in [0.5, 0.6) is 0 Å². The van der Waals surface area contributed by atoms with E-state index in [1.807, 2.05) is 143 Å². The largest absolute Gasteiger partial charge is 0.417 e. The van der Waals surface area contributed by atoms with Crippen LogP contribution in [0, 0.1) is 6.92 Å². The molecule has 4 heterocycles. The molecular weight excluding hydrogens is 1050 g/mol. The van der Waals surface area contributed by atoms with Crippen LogP contribution in [0.25, 0.3) is 123 Å². The van der Waals surface area contributed by atoms with Crippen LogP contribution in [0.4, 0.5) is 39.5 Å². The lowest BCUT2D eigenvalue weighted by Crippen LogP contribution is -2.12. The van der Waals surface area contributed by atoms with Gasteiger partial charge in [0.1, 0.15) is 0 Å². The predicted octanol–water partition coefficient (Wildman–Crippen LogP) is 18.8. The van der Waals surface area contributed by atoms with E-state index in [-0.39, 0.29) is 17.2 Å². The fraction of sp³-hybridized carbons (Fsp3) is 0.0606. The molecule has 0 saturated heterocycles. The molecule has 0 aliphatic rings. The van der Waals surface area contributed by atoms with Crippen LogP contribution in [0.3, 0.4) is 0 Å². The van der Waals surface area contributed by atoms with Crippen LogP contribution in [0.1, 0.15) is 22.3 Å². The second-order valence-corrected chi connectivity index (χ2v) is 19.6. The van der Waals surface area contributed by atoms with Gasteiger partial charge in [0.25, 0.3) is 0 Å². The van der Waals surface area contributed by atoms with Crippen LogP contribution in [-0.2, 0) is 18.5 Å². The van der Waals surface area contributed by atoms with Gasteiger partial charge in [-0.2, -0.15) is 39.5 Å². The molecule has 0 unspecified atom stereocenters. The van der Waals surface area contributed by atoms with Crippen molar-refractivity contribution in [2.24, 2.45) is 0 Å². The third-order valence-electron chi connectivity index (χ3n) is 14.6. The van der Waals surface area contributed by atoms with E-state index < -0.39 is 40.8 Å². The highest BCUT2D eigenvalue weighted by Crippen LogP contribution is 2.46. The molecule has 0 atom stereocenters.